The average molecular weight is 502 g/mol. The second-order valence-corrected chi connectivity index (χ2v) is 9.10. The van der Waals surface area contributed by atoms with Crippen molar-refractivity contribution < 1.29 is 9.72 Å². The average Bonchev–Trinajstić information content (AvgIpc) is 3.34. The molecule has 4 aromatic rings. The molecule has 5 rings (SSSR count). The zero-order valence-corrected chi connectivity index (χ0v) is 20.4. The molecule has 0 bridgehead atoms. The molecule has 36 heavy (non-hydrogen) atoms. The Bertz CT molecular complexity index is 1410. The van der Waals surface area contributed by atoms with Crippen molar-refractivity contribution in [2.75, 3.05) is 31.1 Å². The first-order valence-corrected chi connectivity index (χ1v) is 12.0. The fraction of sp³-hybridized carbons (Fsp3) is 0.185. The van der Waals surface area contributed by atoms with Crippen molar-refractivity contribution in [3.8, 4) is 16.9 Å². The summed E-state index contributed by atoms with van der Waals surface area (Å²) in [5, 5.41) is 16.3. The van der Waals surface area contributed by atoms with Crippen molar-refractivity contribution in [1.29, 1.82) is 0 Å². The number of nitro benzene ring substituents is 1. The maximum atomic E-state index is 13.7. The normalized spacial score (nSPS) is 13.6. The smallest absolute Gasteiger partial charge is 0.272 e. The van der Waals surface area contributed by atoms with Gasteiger partial charge in [-0.25, -0.2) is 4.68 Å². The SMILES string of the molecule is Cc1ccc(-n2nc(-c3ccccc3Cl)cc2C(=O)N2CCN(c3ccc([N+](=O)[O-])cc3)CC2)cc1. The second kappa shape index (κ2) is 9.83. The Morgan fingerprint density at radius 3 is 2.19 bits per heavy atom. The van der Waals surface area contributed by atoms with Crippen LogP contribution in [0.5, 0.6) is 0 Å². The minimum atomic E-state index is -0.408. The lowest BCUT2D eigenvalue weighted by Gasteiger charge is -2.36. The molecule has 1 amide bonds. The molecule has 9 heteroatoms. The number of carbonyl (C=O) groups is 1. The summed E-state index contributed by atoms with van der Waals surface area (Å²) in [5.41, 5.74) is 4.75. The molecule has 0 spiro atoms. The fourth-order valence-electron chi connectivity index (χ4n) is 4.33. The Balaban J connectivity index is 1.40. The molecular weight excluding hydrogens is 478 g/mol. The fourth-order valence-corrected chi connectivity index (χ4v) is 4.56. The van der Waals surface area contributed by atoms with E-state index < -0.39 is 4.92 Å². The monoisotopic (exact) mass is 501 g/mol. The lowest BCUT2D eigenvalue weighted by molar-refractivity contribution is -0.384. The van der Waals surface area contributed by atoms with E-state index in [4.69, 9.17) is 16.7 Å². The van der Waals surface area contributed by atoms with Gasteiger partial charge in [-0.3, -0.25) is 14.9 Å². The van der Waals surface area contributed by atoms with Crippen molar-refractivity contribution >= 4 is 28.9 Å². The van der Waals surface area contributed by atoms with Gasteiger partial charge in [0.15, 0.2) is 0 Å². The number of non-ortho nitro benzene ring substituents is 1. The highest BCUT2D eigenvalue weighted by atomic mass is 35.5. The molecule has 3 aromatic carbocycles. The van der Waals surface area contributed by atoms with Gasteiger partial charge in [0.05, 0.1) is 21.3 Å². The first kappa shape index (κ1) is 23.6. The lowest BCUT2D eigenvalue weighted by Crippen LogP contribution is -2.49. The predicted molar refractivity (Wildman–Crippen MR) is 140 cm³/mol. The predicted octanol–water partition coefficient (Wildman–Crippen LogP) is 5.37. The number of halogens is 1. The Hall–Kier alpha value is -4.17. The van der Waals surface area contributed by atoms with Crippen LogP contribution in [0.2, 0.25) is 5.02 Å². The summed E-state index contributed by atoms with van der Waals surface area (Å²) in [4.78, 5) is 28.2. The van der Waals surface area contributed by atoms with Crippen LogP contribution in [0, 0.1) is 17.0 Å². The van der Waals surface area contributed by atoms with Crippen LogP contribution < -0.4 is 4.90 Å². The van der Waals surface area contributed by atoms with Gasteiger partial charge in [-0.1, -0.05) is 47.5 Å². The van der Waals surface area contributed by atoms with Gasteiger partial charge < -0.3 is 9.80 Å². The van der Waals surface area contributed by atoms with Crippen LogP contribution in [0.4, 0.5) is 11.4 Å². The van der Waals surface area contributed by atoms with Crippen LogP contribution in [-0.2, 0) is 0 Å². The molecule has 1 fully saturated rings. The number of carbonyl (C=O) groups excluding carboxylic acids is 1. The Kier molecular flexibility index (Phi) is 6.43. The molecule has 2 heterocycles. The van der Waals surface area contributed by atoms with E-state index in [-0.39, 0.29) is 11.6 Å². The van der Waals surface area contributed by atoms with E-state index in [1.165, 1.54) is 12.1 Å². The third kappa shape index (κ3) is 4.67. The van der Waals surface area contributed by atoms with Crippen LogP contribution >= 0.6 is 11.6 Å². The van der Waals surface area contributed by atoms with Gasteiger partial charge in [0.25, 0.3) is 11.6 Å². The molecule has 1 aliphatic rings. The Morgan fingerprint density at radius 2 is 1.56 bits per heavy atom. The van der Waals surface area contributed by atoms with E-state index in [1.54, 1.807) is 28.9 Å². The zero-order chi connectivity index (χ0) is 25.2. The maximum absolute atomic E-state index is 13.7. The minimum absolute atomic E-state index is 0.0613. The van der Waals surface area contributed by atoms with Gasteiger partial charge in [0, 0.05) is 49.6 Å². The highest BCUT2D eigenvalue weighted by Gasteiger charge is 2.27. The van der Waals surface area contributed by atoms with E-state index in [2.05, 4.69) is 4.90 Å². The number of nitrogens with zero attached hydrogens (tertiary/aromatic N) is 5. The highest BCUT2D eigenvalue weighted by molar-refractivity contribution is 6.33. The molecule has 182 valence electrons. The quantitative estimate of drug-likeness (QED) is 0.271. The van der Waals surface area contributed by atoms with E-state index >= 15 is 0 Å². The molecule has 0 radical (unpaired) electrons. The molecule has 0 saturated carbocycles. The second-order valence-electron chi connectivity index (χ2n) is 8.69. The van der Waals surface area contributed by atoms with Crippen molar-refractivity contribution in [3.05, 3.63) is 105 Å². The van der Waals surface area contributed by atoms with E-state index in [0.717, 1.165) is 22.5 Å². The van der Waals surface area contributed by atoms with Crippen molar-refractivity contribution in [2.45, 2.75) is 6.92 Å². The zero-order valence-electron chi connectivity index (χ0n) is 19.7. The topological polar surface area (TPSA) is 84.5 Å². The number of benzene rings is 3. The van der Waals surface area contributed by atoms with Crippen LogP contribution in [-0.4, -0.2) is 51.7 Å². The number of hydrogen-bond donors (Lipinski definition) is 0. The van der Waals surface area contributed by atoms with E-state index in [9.17, 15) is 14.9 Å². The van der Waals surface area contributed by atoms with Gasteiger partial charge in [-0.2, -0.15) is 5.10 Å². The van der Waals surface area contributed by atoms with E-state index in [0.29, 0.717) is 42.6 Å². The molecule has 0 N–H and O–H groups in total. The summed E-state index contributed by atoms with van der Waals surface area (Å²) >= 11 is 6.43. The summed E-state index contributed by atoms with van der Waals surface area (Å²) in [5.74, 6) is -0.107. The van der Waals surface area contributed by atoms with Crippen molar-refractivity contribution in [2.24, 2.45) is 0 Å². The summed E-state index contributed by atoms with van der Waals surface area (Å²) in [6.07, 6.45) is 0. The van der Waals surface area contributed by atoms with Gasteiger partial charge in [-0.15, -0.1) is 0 Å². The molecule has 1 aromatic heterocycles. The van der Waals surface area contributed by atoms with Gasteiger partial charge >= 0.3 is 0 Å². The minimum Gasteiger partial charge on any atom is -0.368 e. The molecule has 0 aliphatic carbocycles. The number of rotatable bonds is 5. The highest BCUT2D eigenvalue weighted by Crippen LogP contribution is 2.29. The number of aryl methyl sites for hydroxylation is 1. The van der Waals surface area contributed by atoms with Crippen molar-refractivity contribution in [1.82, 2.24) is 14.7 Å². The Morgan fingerprint density at radius 1 is 0.917 bits per heavy atom. The molecule has 1 saturated heterocycles. The summed E-state index contributed by atoms with van der Waals surface area (Å²) in [6.45, 7) is 4.31. The molecule has 0 unspecified atom stereocenters. The number of piperazine rings is 1. The standard InChI is InChI=1S/C27H24ClN5O3/c1-19-6-8-21(9-7-19)32-26(18-25(29-32)23-4-2-3-5-24(23)28)27(34)31-16-14-30(15-17-31)20-10-12-22(13-11-20)33(35)36/h2-13,18H,14-17H2,1H3. The number of anilines is 1. The third-order valence-electron chi connectivity index (χ3n) is 6.35. The first-order chi connectivity index (χ1) is 17.4. The van der Waals surface area contributed by atoms with Crippen LogP contribution in [0.25, 0.3) is 16.9 Å². The first-order valence-electron chi connectivity index (χ1n) is 11.6. The number of aromatic nitrogens is 2. The third-order valence-corrected chi connectivity index (χ3v) is 6.68. The van der Waals surface area contributed by atoms with Gasteiger partial charge in [0.1, 0.15) is 5.69 Å². The largest absolute Gasteiger partial charge is 0.368 e. The molecule has 0 atom stereocenters. The van der Waals surface area contributed by atoms with Crippen molar-refractivity contribution in [3.63, 3.8) is 0 Å². The molecule has 8 nitrogen and oxygen atoms in total. The lowest BCUT2D eigenvalue weighted by atomic mass is 10.1. The maximum Gasteiger partial charge on any atom is 0.272 e. The molecular formula is C27H24ClN5O3. The number of amides is 1. The summed E-state index contributed by atoms with van der Waals surface area (Å²) in [7, 11) is 0. The van der Waals surface area contributed by atoms with Gasteiger partial charge in [0.2, 0.25) is 0 Å². The number of nitro groups is 1. The van der Waals surface area contributed by atoms with Crippen LogP contribution in [0.15, 0.2) is 78.9 Å². The summed E-state index contributed by atoms with van der Waals surface area (Å²) < 4.78 is 1.68. The van der Waals surface area contributed by atoms with E-state index in [1.807, 2.05) is 54.3 Å². The Labute approximate surface area is 213 Å². The van der Waals surface area contributed by atoms with Crippen LogP contribution in [0.1, 0.15) is 16.1 Å². The molecule has 1 aliphatic heterocycles. The number of hydrogen-bond acceptors (Lipinski definition) is 5. The van der Waals surface area contributed by atoms with Crippen LogP contribution in [0.3, 0.4) is 0 Å². The van der Waals surface area contributed by atoms with Gasteiger partial charge in [-0.05, 0) is 43.3 Å². The summed E-state index contributed by atoms with van der Waals surface area (Å²) in [6, 6.07) is 23.6.